The van der Waals surface area contributed by atoms with Crippen molar-refractivity contribution in [3.8, 4) is 0 Å². The molecule has 0 saturated carbocycles. The van der Waals surface area contributed by atoms with Gasteiger partial charge in [0, 0.05) is 27.4 Å². The zero-order chi connectivity index (χ0) is 21.2. The number of hydrogen-bond donors (Lipinski definition) is 2. The Labute approximate surface area is 180 Å². The zero-order valence-corrected chi connectivity index (χ0v) is 18.1. The van der Waals surface area contributed by atoms with E-state index in [4.69, 9.17) is 5.11 Å². The van der Waals surface area contributed by atoms with Crippen LogP contribution in [0.15, 0.2) is 54.6 Å². The molecular weight excluding hydrogens is 370 g/mol. The summed E-state index contributed by atoms with van der Waals surface area (Å²) >= 11 is 0. The average molecular weight is 406 g/mol. The topological polar surface area (TPSA) is 53.1 Å². The van der Waals surface area contributed by atoms with Crippen LogP contribution in [0, 0.1) is 0 Å². The van der Waals surface area contributed by atoms with E-state index in [-0.39, 0.29) is 0 Å². The number of aliphatic carboxylic acids is 1. The molecule has 0 aliphatic carbocycles. The van der Waals surface area contributed by atoms with Crippen molar-refractivity contribution in [1.82, 2.24) is 4.98 Å². The molecule has 2 N–H and O–H groups in total. The molecule has 3 nitrogen and oxygen atoms in total. The second-order valence-electron chi connectivity index (χ2n) is 8.45. The Kier molecular flexibility index (Phi) is 8.55. The van der Waals surface area contributed by atoms with E-state index in [1.807, 2.05) is 0 Å². The summed E-state index contributed by atoms with van der Waals surface area (Å²) in [6.45, 7) is 3.58. The highest BCUT2D eigenvalue weighted by Gasteiger charge is 2.07. The molecule has 1 aromatic heterocycles. The lowest BCUT2D eigenvalue weighted by Crippen LogP contribution is -1.98. The van der Waals surface area contributed by atoms with Crippen molar-refractivity contribution in [3.05, 3.63) is 60.2 Å². The van der Waals surface area contributed by atoms with Gasteiger partial charge in [0.05, 0.1) is 0 Å². The van der Waals surface area contributed by atoms with Crippen molar-refractivity contribution >= 4 is 27.8 Å². The van der Waals surface area contributed by atoms with E-state index in [9.17, 15) is 4.79 Å². The first kappa shape index (κ1) is 22.1. The molecule has 3 aromatic rings. The standard InChI is InChI=1S/C27H35NO2/c1-21(27(29)30)15-10-8-6-4-2-3-5-7-9-11-16-22-17-14-19-24-23-18-12-13-20-25(23)28-26(22)24/h12-14,17-20,28H,1-11,15-16H2,(H,29,30). The van der Waals surface area contributed by atoms with Crippen molar-refractivity contribution in [2.24, 2.45) is 0 Å². The molecule has 0 aliphatic rings. The Morgan fingerprint density at radius 1 is 0.767 bits per heavy atom. The number of aromatic amines is 1. The van der Waals surface area contributed by atoms with E-state index in [0.29, 0.717) is 12.0 Å². The molecule has 2 aromatic carbocycles. The molecule has 30 heavy (non-hydrogen) atoms. The molecule has 0 bridgehead atoms. The number of carboxylic acid groups (broad SMARTS) is 1. The third kappa shape index (κ3) is 6.22. The first-order valence-corrected chi connectivity index (χ1v) is 11.6. The maximum absolute atomic E-state index is 10.7. The normalized spacial score (nSPS) is 11.3. The molecule has 160 valence electrons. The molecule has 0 radical (unpaired) electrons. The number of aryl methyl sites for hydroxylation is 1. The van der Waals surface area contributed by atoms with Gasteiger partial charge in [-0.1, -0.05) is 94.3 Å². The second-order valence-corrected chi connectivity index (χ2v) is 8.45. The number of H-pyrrole nitrogens is 1. The van der Waals surface area contributed by atoms with Gasteiger partial charge in [-0.25, -0.2) is 4.79 Å². The van der Waals surface area contributed by atoms with Gasteiger partial charge in [-0.2, -0.15) is 0 Å². The van der Waals surface area contributed by atoms with E-state index in [1.54, 1.807) is 0 Å². The highest BCUT2D eigenvalue weighted by Crippen LogP contribution is 2.28. The van der Waals surface area contributed by atoms with Gasteiger partial charge in [0.25, 0.3) is 0 Å². The minimum atomic E-state index is -0.854. The molecule has 0 saturated heterocycles. The first-order chi connectivity index (χ1) is 14.7. The van der Waals surface area contributed by atoms with Gasteiger partial charge in [-0.05, 0) is 37.3 Å². The molecule has 0 atom stereocenters. The average Bonchev–Trinajstić information content (AvgIpc) is 3.13. The van der Waals surface area contributed by atoms with Crippen molar-refractivity contribution in [2.45, 2.75) is 77.0 Å². The fourth-order valence-corrected chi connectivity index (χ4v) is 4.32. The molecule has 0 spiro atoms. The lowest BCUT2D eigenvalue weighted by atomic mass is 10.0. The van der Waals surface area contributed by atoms with Crippen LogP contribution >= 0.6 is 0 Å². The van der Waals surface area contributed by atoms with Crippen LogP contribution in [0.3, 0.4) is 0 Å². The summed E-state index contributed by atoms with van der Waals surface area (Å²) in [6.07, 6.45) is 14.1. The SMILES string of the molecule is C=C(CCCCCCCCCCCCc1cccc2c1[nH]c1ccccc12)C(=O)O. The zero-order valence-electron chi connectivity index (χ0n) is 18.1. The van der Waals surface area contributed by atoms with Crippen LogP contribution in [-0.2, 0) is 11.2 Å². The molecule has 0 amide bonds. The summed E-state index contributed by atoms with van der Waals surface area (Å²) in [7, 11) is 0. The third-order valence-corrected chi connectivity index (χ3v) is 6.10. The van der Waals surface area contributed by atoms with Crippen LogP contribution in [0.5, 0.6) is 0 Å². The first-order valence-electron chi connectivity index (χ1n) is 11.6. The number of aromatic nitrogens is 1. The summed E-state index contributed by atoms with van der Waals surface area (Å²) in [5, 5.41) is 11.4. The van der Waals surface area contributed by atoms with E-state index >= 15 is 0 Å². The largest absolute Gasteiger partial charge is 0.478 e. The molecule has 0 aliphatic heterocycles. The quantitative estimate of drug-likeness (QED) is 0.212. The number of carbonyl (C=O) groups is 1. The molecule has 3 heteroatoms. The Hall–Kier alpha value is -2.55. The van der Waals surface area contributed by atoms with Gasteiger partial charge < -0.3 is 10.1 Å². The Morgan fingerprint density at radius 3 is 2.07 bits per heavy atom. The van der Waals surface area contributed by atoms with E-state index in [2.05, 4.69) is 54.0 Å². The Balaban J connectivity index is 1.26. The van der Waals surface area contributed by atoms with Crippen LogP contribution in [0.2, 0.25) is 0 Å². The van der Waals surface area contributed by atoms with Crippen LogP contribution in [-0.4, -0.2) is 16.1 Å². The lowest BCUT2D eigenvalue weighted by Gasteiger charge is -2.05. The molecule has 0 unspecified atom stereocenters. The smallest absolute Gasteiger partial charge is 0.330 e. The van der Waals surface area contributed by atoms with Crippen molar-refractivity contribution < 1.29 is 9.90 Å². The minimum absolute atomic E-state index is 0.343. The second kappa shape index (κ2) is 11.6. The lowest BCUT2D eigenvalue weighted by molar-refractivity contribution is -0.132. The monoisotopic (exact) mass is 405 g/mol. The third-order valence-electron chi connectivity index (χ3n) is 6.10. The summed E-state index contributed by atoms with van der Waals surface area (Å²) in [5.74, 6) is -0.854. The van der Waals surface area contributed by atoms with Gasteiger partial charge in [0.2, 0.25) is 0 Å². The molecule has 0 fully saturated rings. The Morgan fingerprint density at radius 2 is 1.37 bits per heavy atom. The summed E-state index contributed by atoms with van der Waals surface area (Å²) in [6, 6.07) is 15.2. The number of unbranched alkanes of at least 4 members (excludes halogenated alkanes) is 9. The number of carboxylic acids is 1. The maximum atomic E-state index is 10.7. The highest BCUT2D eigenvalue weighted by atomic mass is 16.4. The maximum Gasteiger partial charge on any atom is 0.330 e. The number of rotatable bonds is 14. The predicted molar refractivity (Wildman–Crippen MR) is 127 cm³/mol. The fraction of sp³-hybridized carbons (Fsp3) is 0.444. The van der Waals surface area contributed by atoms with Gasteiger partial charge >= 0.3 is 5.97 Å². The van der Waals surface area contributed by atoms with E-state index < -0.39 is 5.97 Å². The van der Waals surface area contributed by atoms with Crippen molar-refractivity contribution in [2.75, 3.05) is 0 Å². The molecular formula is C27H35NO2. The van der Waals surface area contributed by atoms with Crippen molar-refractivity contribution in [1.29, 1.82) is 0 Å². The van der Waals surface area contributed by atoms with Crippen molar-refractivity contribution in [3.63, 3.8) is 0 Å². The van der Waals surface area contributed by atoms with Crippen LogP contribution in [0.4, 0.5) is 0 Å². The molecule has 1 heterocycles. The highest BCUT2D eigenvalue weighted by molar-refractivity contribution is 6.08. The van der Waals surface area contributed by atoms with E-state index in [1.165, 1.54) is 78.7 Å². The van der Waals surface area contributed by atoms with Gasteiger partial charge in [-0.15, -0.1) is 0 Å². The number of nitrogens with one attached hydrogen (secondary N) is 1. The number of fused-ring (bicyclic) bond motifs is 3. The predicted octanol–water partition coefficient (Wildman–Crippen LogP) is 7.80. The van der Waals surface area contributed by atoms with Crippen LogP contribution in [0.1, 0.15) is 76.2 Å². The van der Waals surface area contributed by atoms with Crippen LogP contribution < -0.4 is 0 Å². The summed E-state index contributed by atoms with van der Waals surface area (Å²) in [5.41, 5.74) is 4.32. The van der Waals surface area contributed by atoms with Crippen LogP contribution in [0.25, 0.3) is 21.8 Å². The minimum Gasteiger partial charge on any atom is -0.478 e. The number of hydrogen-bond acceptors (Lipinski definition) is 1. The van der Waals surface area contributed by atoms with Gasteiger partial charge in [-0.3, -0.25) is 0 Å². The number of para-hydroxylation sites is 2. The number of benzene rings is 2. The van der Waals surface area contributed by atoms with Gasteiger partial charge in [0.15, 0.2) is 0 Å². The summed E-state index contributed by atoms with van der Waals surface area (Å²) < 4.78 is 0. The summed E-state index contributed by atoms with van der Waals surface area (Å²) in [4.78, 5) is 14.3. The Bertz CT molecular complexity index is 969. The molecule has 3 rings (SSSR count). The van der Waals surface area contributed by atoms with E-state index in [0.717, 1.165) is 19.3 Å². The fourth-order valence-electron chi connectivity index (χ4n) is 4.32. The van der Waals surface area contributed by atoms with Gasteiger partial charge in [0.1, 0.15) is 0 Å².